The van der Waals surface area contributed by atoms with E-state index in [0.717, 1.165) is 6.54 Å². The molecule has 0 aliphatic heterocycles. The van der Waals surface area contributed by atoms with Crippen LogP contribution in [-0.2, 0) is 4.79 Å². The third-order valence-electron chi connectivity index (χ3n) is 1.87. The second-order valence-corrected chi connectivity index (χ2v) is 4.83. The van der Waals surface area contributed by atoms with E-state index in [4.69, 9.17) is 5.11 Å². The summed E-state index contributed by atoms with van der Waals surface area (Å²) in [7, 11) is 3.93. The van der Waals surface area contributed by atoms with Crippen LogP contribution in [0.5, 0.6) is 0 Å². The average Bonchev–Trinajstić information content (AvgIpc) is 2.09. The molecule has 0 fully saturated rings. The minimum absolute atomic E-state index is 0.0515. The molecule has 94 valence electrons. The van der Waals surface area contributed by atoms with Crippen molar-refractivity contribution in [1.29, 1.82) is 0 Å². The lowest BCUT2D eigenvalue weighted by Gasteiger charge is -2.28. The number of nitrogens with one attached hydrogen (secondary N) is 2. The molecule has 0 atom stereocenters. The van der Waals surface area contributed by atoms with Gasteiger partial charge in [-0.15, -0.1) is 0 Å². The summed E-state index contributed by atoms with van der Waals surface area (Å²) < 4.78 is 0. The van der Waals surface area contributed by atoms with Gasteiger partial charge in [0.15, 0.2) is 0 Å². The first-order chi connectivity index (χ1) is 7.23. The van der Waals surface area contributed by atoms with Gasteiger partial charge in [-0.2, -0.15) is 0 Å². The topological polar surface area (TPSA) is 81.7 Å². The Morgan fingerprint density at radius 3 is 2.25 bits per heavy atom. The molecule has 0 spiro atoms. The van der Waals surface area contributed by atoms with E-state index in [2.05, 4.69) is 10.6 Å². The van der Waals surface area contributed by atoms with Crippen molar-refractivity contribution in [2.24, 2.45) is 5.41 Å². The minimum atomic E-state index is -1.05. The van der Waals surface area contributed by atoms with Crippen molar-refractivity contribution in [2.75, 3.05) is 33.7 Å². The van der Waals surface area contributed by atoms with Crippen LogP contribution in [0, 0.1) is 5.41 Å². The second kappa shape index (κ2) is 6.32. The molecule has 0 bridgehead atoms. The van der Waals surface area contributed by atoms with Crippen molar-refractivity contribution in [1.82, 2.24) is 15.5 Å². The summed E-state index contributed by atoms with van der Waals surface area (Å²) in [6.07, 6.45) is 0. The molecular weight excluding hydrogens is 210 g/mol. The summed E-state index contributed by atoms with van der Waals surface area (Å²) in [5.74, 6) is -1.05. The van der Waals surface area contributed by atoms with Gasteiger partial charge in [-0.1, -0.05) is 13.8 Å². The fourth-order valence-electron chi connectivity index (χ4n) is 1.45. The van der Waals surface area contributed by atoms with Crippen LogP contribution >= 0.6 is 0 Å². The fraction of sp³-hybridized carbons (Fsp3) is 0.800. The summed E-state index contributed by atoms with van der Waals surface area (Å²) >= 11 is 0. The van der Waals surface area contributed by atoms with E-state index in [-0.39, 0.29) is 12.0 Å². The third kappa shape index (κ3) is 8.05. The lowest BCUT2D eigenvalue weighted by Crippen LogP contribution is -2.45. The Labute approximate surface area is 96.0 Å². The number of urea groups is 1. The molecule has 0 aromatic rings. The van der Waals surface area contributed by atoms with Crippen LogP contribution in [0.2, 0.25) is 0 Å². The highest BCUT2D eigenvalue weighted by atomic mass is 16.4. The predicted molar refractivity (Wildman–Crippen MR) is 61.4 cm³/mol. The quantitative estimate of drug-likeness (QED) is 0.599. The first-order valence-corrected chi connectivity index (χ1v) is 5.11. The highest BCUT2D eigenvalue weighted by Gasteiger charge is 2.19. The summed E-state index contributed by atoms with van der Waals surface area (Å²) in [5, 5.41) is 13.2. The van der Waals surface area contributed by atoms with Crippen LogP contribution in [0.1, 0.15) is 13.8 Å². The van der Waals surface area contributed by atoms with Crippen molar-refractivity contribution in [3.05, 3.63) is 0 Å². The highest BCUT2D eigenvalue weighted by molar-refractivity contribution is 5.79. The zero-order chi connectivity index (χ0) is 12.8. The summed E-state index contributed by atoms with van der Waals surface area (Å²) in [4.78, 5) is 23.4. The number of hydrogen-bond donors (Lipinski definition) is 3. The number of carbonyl (C=O) groups excluding carboxylic acids is 1. The number of aliphatic carboxylic acids is 1. The molecule has 0 aliphatic carbocycles. The maximum Gasteiger partial charge on any atom is 0.323 e. The second-order valence-electron chi connectivity index (χ2n) is 4.83. The number of nitrogens with zero attached hydrogens (tertiary/aromatic N) is 1. The Kier molecular flexibility index (Phi) is 5.81. The van der Waals surface area contributed by atoms with Gasteiger partial charge in [0, 0.05) is 13.1 Å². The predicted octanol–water partition coefficient (Wildman–Crippen LogP) is -0.0420. The van der Waals surface area contributed by atoms with E-state index < -0.39 is 12.0 Å². The number of hydrogen-bond acceptors (Lipinski definition) is 3. The fourth-order valence-corrected chi connectivity index (χ4v) is 1.45. The first kappa shape index (κ1) is 14.7. The Bertz CT molecular complexity index is 252. The minimum Gasteiger partial charge on any atom is -0.480 e. The van der Waals surface area contributed by atoms with E-state index >= 15 is 0 Å². The van der Waals surface area contributed by atoms with Crippen LogP contribution in [-0.4, -0.2) is 55.7 Å². The zero-order valence-electron chi connectivity index (χ0n) is 10.3. The summed E-state index contributed by atoms with van der Waals surface area (Å²) in [5.41, 5.74) is -0.0515. The van der Waals surface area contributed by atoms with E-state index in [9.17, 15) is 9.59 Å². The molecular formula is C10H21N3O3. The number of rotatable bonds is 6. The van der Waals surface area contributed by atoms with E-state index in [1.807, 2.05) is 32.8 Å². The van der Waals surface area contributed by atoms with E-state index in [1.54, 1.807) is 0 Å². The first-order valence-electron chi connectivity index (χ1n) is 5.11. The normalized spacial score (nSPS) is 11.3. The SMILES string of the molecule is CN(C)CC(C)(C)CNC(=O)NCC(=O)O. The van der Waals surface area contributed by atoms with Crippen LogP contribution in [0.25, 0.3) is 0 Å². The molecule has 0 heterocycles. The molecule has 6 heteroatoms. The molecule has 16 heavy (non-hydrogen) atoms. The van der Waals surface area contributed by atoms with Gasteiger partial charge in [-0.05, 0) is 19.5 Å². The zero-order valence-corrected chi connectivity index (χ0v) is 10.3. The number of carboxylic acids is 1. The Morgan fingerprint density at radius 2 is 1.81 bits per heavy atom. The van der Waals surface area contributed by atoms with Crippen LogP contribution in [0.4, 0.5) is 4.79 Å². The molecule has 6 nitrogen and oxygen atoms in total. The van der Waals surface area contributed by atoms with Crippen molar-refractivity contribution in [3.8, 4) is 0 Å². The van der Waals surface area contributed by atoms with Gasteiger partial charge in [0.1, 0.15) is 6.54 Å². The Hall–Kier alpha value is -1.30. The molecule has 0 saturated carbocycles. The standard InChI is InChI=1S/C10H21N3O3/c1-10(2,7-13(3)4)6-12-9(16)11-5-8(14)15/h5-7H2,1-4H3,(H,14,15)(H2,11,12,16). The molecule has 0 rings (SSSR count). The van der Waals surface area contributed by atoms with Crippen LogP contribution in [0.3, 0.4) is 0 Å². The molecule has 0 unspecified atom stereocenters. The number of amides is 2. The van der Waals surface area contributed by atoms with Gasteiger partial charge in [0.2, 0.25) is 0 Å². The van der Waals surface area contributed by atoms with Gasteiger partial charge in [-0.25, -0.2) is 4.79 Å². The molecule has 0 aromatic heterocycles. The summed E-state index contributed by atoms with van der Waals surface area (Å²) in [6.45, 7) is 5.04. The van der Waals surface area contributed by atoms with Gasteiger partial charge in [0.25, 0.3) is 0 Å². The van der Waals surface area contributed by atoms with Crippen molar-refractivity contribution in [2.45, 2.75) is 13.8 Å². The summed E-state index contributed by atoms with van der Waals surface area (Å²) in [6, 6.07) is -0.450. The van der Waals surface area contributed by atoms with E-state index in [0.29, 0.717) is 6.54 Å². The monoisotopic (exact) mass is 231 g/mol. The maximum absolute atomic E-state index is 11.2. The van der Waals surface area contributed by atoms with Crippen LogP contribution in [0.15, 0.2) is 0 Å². The number of carboxylic acid groups (broad SMARTS) is 1. The lowest BCUT2D eigenvalue weighted by atomic mass is 9.93. The van der Waals surface area contributed by atoms with Gasteiger partial charge in [-0.3, -0.25) is 4.79 Å². The van der Waals surface area contributed by atoms with Crippen LogP contribution < -0.4 is 10.6 Å². The smallest absolute Gasteiger partial charge is 0.323 e. The molecule has 0 aliphatic rings. The molecule has 0 saturated heterocycles. The largest absolute Gasteiger partial charge is 0.480 e. The van der Waals surface area contributed by atoms with Gasteiger partial charge in [0.05, 0.1) is 0 Å². The average molecular weight is 231 g/mol. The van der Waals surface area contributed by atoms with Crippen molar-refractivity contribution >= 4 is 12.0 Å². The highest BCUT2D eigenvalue weighted by Crippen LogP contribution is 2.13. The lowest BCUT2D eigenvalue weighted by molar-refractivity contribution is -0.135. The number of carbonyl (C=O) groups is 2. The van der Waals surface area contributed by atoms with Gasteiger partial charge >= 0.3 is 12.0 Å². The molecule has 2 amide bonds. The Balaban J connectivity index is 3.85. The third-order valence-corrected chi connectivity index (χ3v) is 1.87. The maximum atomic E-state index is 11.2. The van der Waals surface area contributed by atoms with E-state index in [1.165, 1.54) is 0 Å². The molecule has 3 N–H and O–H groups in total. The molecule has 0 radical (unpaired) electrons. The molecule has 0 aromatic carbocycles. The van der Waals surface area contributed by atoms with Gasteiger partial charge < -0.3 is 20.6 Å². The van der Waals surface area contributed by atoms with Crippen molar-refractivity contribution < 1.29 is 14.7 Å². The Morgan fingerprint density at radius 1 is 1.25 bits per heavy atom. The van der Waals surface area contributed by atoms with Crippen molar-refractivity contribution in [3.63, 3.8) is 0 Å².